The Kier molecular flexibility index (Phi) is 11.5. The van der Waals surface area contributed by atoms with E-state index >= 15 is 0 Å². The number of fused-ring (bicyclic) bond motifs is 1. The van der Waals surface area contributed by atoms with Gasteiger partial charge in [0.1, 0.15) is 11.4 Å². The van der Waals surface area contributed by atoms with Crippen LogP contribution < -0.4 is 5.32 Å². The SMILES string of the molecule is CC(C)(C)OC(=O)n1ccnc1Cc1ccccc1CN(CCc1ccc(CNC(=O)c2c(Cl)cncc2Cl)cc1)C1CCCc2cccnc21. The van der Waals surface area contributed by atoms with Crippen molar-refractivity contribution in [3.63, 3.8) is 0 Å². The highest BCUT2D eigenvalue weighted by Crippen LogP contribution is 2.34. The zero-order valence-corrected chi connectivity index (χ0v) is 30.6. The summed E-state index contributed by atoms with van der Waals surface area (Å²) in [6.07, 6.45) is 12.1. The van der Waals surface area contributed by atoms with Crippen molar-refractivity contribution in [2.24, 2.45) is 0 Å². The number of ether oxygens (including phenoxy) is 1. The van der Waals surface area contributed by atoms with E-state index in [1.807, 2.05) is 51.2 Å². The fourth-order valence-corrected chi connectivity index (χ4v) is 7.03. The number of carbonyl (C=O) groups is 2. The van der Waals surface area contributed by atoms with Crippen molar-refractivity contribution in [1.82, 2.24) is 29.7 Å². The van der Waals surface area contributed by atoms with Gasteiger partial charge in [-0.25, -0.2) is 14.3 Å². The molecule has 9 nitrogen and oxygen atoms in total. The molecule has 264 valence electrons. The molecule has 0 spiro atoms. The summed E-state index contributed by atoms with van der Waals surface area (Å²) in [5, 5.41) is 3.33. The molecule has 3 heterocycles. The van der Waals surface area contributed by atoms with E-state index < -0.39 is 11.7 Å². The summed E-state index contributed by atoms with van der Waals surface area (Å²) in [5.74, 6) is 0.291. The van der Waals surface area contributed by atoms with Crippen LogP contribution >= 0.6 is 23.2 Å². The quantitative estimate of drug-likeness (QED) is 0.146. The Morgan fingerprint density at radius 2 is 1.67 bits per heavy atom. The highest BCUT2D eigenvalue weighted by molar-refractivity contribution is 6.39. The number of carbonyl (C=O) groups excluding carboxylic acids is 2. The summed E-state index contributed by atoms with van der Waals surface area (Å²) in [4.78, 5) is 41.6. The van der Waals surface area contributed by atoms with Gasteiger partial charge in [-0.15, -0.1) is 0 Å². The second-order valence-corrected chi connectivity index (χ2v) is 14.6. The lowest BCUT2D eigenvalue weighted by molar-refractivity contribution is 0.0532. The van der Waals surface area contributed by atoms with Gasteiger partial charge >= 0.3 is 6.09 Å². The number of amides is 1. The predicted octanol–water partition coefficient (Wildman–Crippen LogP) is 8.41. The highest BCUT2D eigenvalue weighted by atomic mass is 35.5. The zero-order chi connectivity index (χ0) is 36.0. The third-order valence-corrected chi connectivity index (χ3v) is 9.57. The summed E-state index contributed by atoms with van der Waals surface area (Å²) >= 11 is 12.3. The van der Waals surface area contributed by atoms with Crippen LogP contribution in [0.2, 0.25) is 10.0 Å². The standard InChI is InChI=1S/C40H42Cl2N6O3/c1-40(2,3)51-39(50)48-21-19-44-35(48)22-30-8-4-5-9-31(30)26-47(34-12-6-10-29-11-7-18-45-37(29)34)20-17-27-13-15-28(16-14-27)23-46-38(49)36-32(41)24-43-25-33(36)42/h4-5,7-9,11,13-16,18-19,21,24-25,34H,6,10,12,17,20,22-23,26H2,1-3H3,(H,46,49). The Morgan fingerprint density at radius 3 is 2.41 bits per heavy atom. The number of hydrogen-bond donors (Lipinski definition) is 1. The molecule has 5 aromatic rings. The number of halogens is 2. The minimum absolute atomic E-state index is 0.174. The number of nitrogens with one attached hydrogen (secondary N) is 1. The van der Waals surface area contributed by atoms with Crippen LogP contribution in [0.3, 0.4) is 0 Å². The van der Waals surface area contributed by atoms with E-state index in [0.29, 0.717) is 25.3 Å². The van der Waals surface area contributed by atoms with E-state index in [4.69, 9.17) is 32.9 Å². The summed E-state index contributed by atoms with van der Waals surface area (Å²) in [7, 11) is 0. The Morgan fingerprint density at radius 1 is 0.941 bits per heavy atom. The highest BCUT2D eigenvalue weighted by Gasteiger charge is 2.28. The van der Waals surface area contributed by atoms with Crippen LogP contribution in [0.5, 0.6) is 0 Å². The van der Waals surface area contributed by atoms with Crippen molar-refractivity contribution in [2.45, 2.75) is 77.6 Å². The van der Waals surface area contributed by atoms with Crippen molar-refractivity contribution in [1.29, 1.82) is 0 Å². The predicted molar refractivity (Wildman–Crippen MR) is 199 cm³/mol. The minimum Gasteiger partial charge on any atom is -0.443 e. The van der Waals surface area contributed by atoms with Crippen molar-refractivity contribution >= 4 is 35.2 Å². The lowest BCUT2D eigenvalue weighted by Crippen LogP contribution is -2.33. The number of hydrogen-bond acceptors (Lipinski definition) is 7. The smallest absolute Gasteiger partial charge is 0.419 e. The lowest BCUT2D eigenvalue weighted by Gasteiger charge is -2.35. The van der Waals surface area contributed by atoms with Gasteiger partial charge in [-0.3, -0.25) is 19.7 Å². The molecule has 0 saturated heterocycles. The van der Waals surface area contributed by atoms with Gasteiger partial charge in [-0.2, -0.15) is 0 Å². The molecular weight excluding hydrogens is 683 g/mol. The second-order valence-electron chi connectivity index (χ2n) is 13.8. The molecule has 51 heavy (non-hydrogen) atoms. The molecule has 0 aliphatic heterocycles. The van der Waals surface area contributed by atoms with Gasteiger partial charge in [-0.1, -0.05) is 77.8 Å². The molecule has 1 aliphatic carbocycles. The van der Waals surface area contributed by atoms with Crippen molar-refractivity contribution in [3.8, 4) is 0 Å². The fourth-order valence-electron chi connectivity index (χ4n) is 6.50. The molecule has 1 atom stereocenters. The Labute approximate surface area is 309 Å². The zero-order valence-electron chi connectivity index (χ0n) is 29.1. The Hall–Kier alpha value is -4.57. The first-order chi connectivity index (χ1) is 24.6. The summed E-state index contributed by atoms with van der Waals surface area (Å²) in [5.41, 5.74) is 6.53. The topological polar surface area (TPSA) is 102 Å². The first kappa shape index (κ1) is 36.2. The third-order valence-electron chi connectivity index (χ3n) is 9.00. The third kappa shape index (κ3) is 9.22. The normalized spacial score (nSPS) is 14.3. The van der Waals surface area contributed by atoms with Gasteiger partial charge in [0.05, 0.1) is 27.3 Å². The summed E-state index contributed by atoms with van der Waals surface area (Å²) in [6.45, 7) is 7.45. The van der Waals surface area contributed by atoms with E-state index in [1.165, 1.54) is 33.7 Å². The van der Waals surface area contributed by atoms with Gasteiger partial charge in [0.15, 0.2) is 0 Å². The molecule has 0 bridgehead atoms. The molecule has 0 saturated carbocycles. The maximum absolute atomic E-state index is 13.0. The van der Waals surface area contributed by atoms with Crippen LogP contribution in [-0.2, 0) is 37.1 Å². The van der Waals surface area contributed by atoms with Crippen molar-refractivity contribution in [3.05, 3.63) is 147 Å². The maximum atomic E-state index is 13.0. The molecule has 11 heteroatoms. The van der Waals surface area contributed by atoms with E-state index in [1.54, 1.807) is 12.4 Å². The van der Waals surface area contributed by atoms with E-state index in [2.05, 4.69) is 56.6 Å². The molecule has 1 N–H and O–H groups in total. The van der Waals surface area contributed by atoms with Gasteiger partial charge in [0, 0.05) is 57.0 Å². The number of aryl methyl sites for hydroxylation is 1. The Balaban J connectivity index is 1.18. The van der Waals surface area contributed by atoms with Crippen LogP contribution in [0.25, 0.3) is 0 Å². The molecular formula is C40H42Cl2N6O3. The van der Waals surface area contributed by atoms with Gasteiger partial charge in [-0.05, 0) is 80.3 Å². The van der Waals surface area contributed by atoms with Crippen LogP contribution in [-0.4, -0.2) is 48.6 Å². The molecule has 3 aromatic heterocycles. The number of imidazole rings is 1. The number of nitrogens with zero attached hydrogens (tertiary/aromatic N) is 5. The number of aromatic nitrogens is 4. The molecule has 1 amide bonds. The molecule has 0 radical (unpaired) electrons. The van der Waals surface area contributed by atoms with Crippen LogP contribution in [0.1, 0.15) is 89.3 Å². The van der Waals surface area contributed by atoms with Crippen LogP contribution in [0.4, 0.5) is 4.79 Å². The largest absolute Gasteiger partial charge is 0.443 e. The minimum atomic E-state index is -0.609. The van der Waals surface area contributed by atoms with Gasteiger partial charge in [0.2, 0.25) is 0 Å². The second kappa shape index (κ2) is 16.2. The average molecular weight is 726 g/mol. The van der Waals surface area contributed by atoms with E-state index in [9.17, 15) is 9.59 Å². The summed E-state index contributed by atoms with van der Waals surface area (Å²) < 4.78 is 7.14. The maximum Gasteiger partial charge on any atom is 0.419 e. The lowest BCUT2D eigenvalue weighted by atomic mass is 9.90. The first-order valence-corrected chi connectivity index (χ1v) is 18.0. The molecule has 6 rings (SSSR count). The molecule has 2 aromatic carbocycles. The van der Waals surface area contributed by atoms with Crippen molar-refractivity contribution < 1.29 is 14.3 Å². The number of rotatable bonds is 11. The Bertz CT molecular complexity index is 1970. The van der Waals surface area contributed by atoms with E-state index in [-0.39, 0.29) is 27.6 Å². The molecule has 1 unspecified atom stereocenters. The van der Waals surface area contributed by atoms with Crippen LogP contribution in [0.15, 0.2) is 91.6 Å². The van der Waals surface area contributed by atoms with Crippen LogP contribution in [0, 0.1) is 0 Å². The van der Waals surface area contributed by atoms with E-state index in [0.717, 1.165) is 49.0 Å². The molecule has 1 aliphatic rings. The van der Waals surface area contributed by atoms with Gasteiger partial charge in [0.25, 0.3) is 5.91 Å². The summed E-state index contributed by atoms with van der Waals surface area (Å²) in [6, 6.07) is 21.1. The number of pyridine rings is 2. The fraction of sp³-hybridized carbons (Fsp3) is 0.325. The number of benzene rings is 2. The van der Waals surface area contributed by atoms with Gasteiger partial charge < -0.3 is 10.1 Å². The van der Waals surface area contributed by atoms with Crippen molar-refractivity contribution in [2.75, 3.05) is 6.54 Å². The monoisotopic (exact) mass is 724 g/mol. The molecule has 0 fully saturated rings. The average Bonchev–Trinajstić information content (AvgIpc) is 3.58. The first-order valence-electron chi connectivity index (χ1n) is 17.2.